The number of nitrogen functional groups attached to an aromatic ring is 1. The summed E-state index contributed by atoms with van der Waals surface area (Å²) in [7, 11) is 0. The van der Waals surface area contributed by atoms with Crippen LogP contribution in [0, 0.1) is 0 Å². The third-order valence-electron chi connectivity index (χ3n) is 3.32. The summed E-state index contributed by atoms with van der Waals surface area (Å²) in [6.45, 7) is 0.495. The molecular weight excluding hydrogens is 260 g/mol. The van der Waals surface area contributed by atoms with Gasteiger partial charge in [-0.25, -0.2) is 0 Å². The summed E-state index contributed by atoms with van der Waals surface area (Å²) in [5.74, 6) is 0.0838. The number of benzene rings is 2. The Bertz CT molecular complexity index is 654. The SMILES string of the molecule is Nc1ccc2c(c1)CC(=O)N2Cc1ccccc1Cl. The summed E-state index contributed by atoms with van der Waals surface area (Å²) in [6.07, 6.45) is 0.408. The Hall–Kier alpha value is -2.00. The van der Waals surface area contributed by atoms with E-state index in [1.54, 1.807) is 4.90 Å². The minimum atomic E-state index is 0.0838. The Morgan fingerprint density at radius 3 is 2.79 bits per heavy atom. The molecule has 0 aromatic heterocycles. The van der Waals surface area contributed by atoms with Gasteiger partial charge in [-0.05, 0) is 35.4 Å². The van der Waals surface area contributed by atoms with Crippen LogP contribution in [0.2, 0.25) is 5.02 Å². The number of nitrogens with two attached hydrogens (primary N) is 1. The highest BCUT2D eigenvalue weighted by Crippen LogP contribution is 2.32. The van der Waals surface area contributed by atoms with Crippen LogP contribution in [0.25, 0.3) is 0 Å². The van der Waals surface area contributed by atoms with Gasteiger partial charge < -0.3 is 10.6 Å². The van der Waals surface area contributed by atoms with Gasteiger partial charge in [-0.1, -0.05) is 29.8 Å². The van der Waals surface area contributed by atoms with Gasteiger partial charge in [0.25, 0.3) is 0 Å². The van der Waals surface area contributed by atoms with Crippen LogP contribution in [0.3, 0.4) is 0 Å². The van der Waals surface area contributed by atoms with Crippen LogP contribution in [0.5, 0.6) is 0 Å². The number of carbonyl (C=O) groups excluding carboxylic acids is 1. The molecule has 0 saturated heterocycles. The largest absolute Gasteiger partial charge is 0.399 e. The second-order valence-corrected chi connectivity index (χ2v) is 5.04. The molecule has 2 aromatic carbocycles. The van der Waals surface area contributed by atoms with E-state index in [0.29, 0.717) is 23.7 Å². The van der Waals surface area contributed by atoms with Crippen LogP contribution in [-0.2, 0) is 17.8 Å². The topological polar surface area (TPSA) is 46.3 Å². The highest BCUT2D eigenvalue weighted by Gasteiger charge is 2.27. The lowest BCUT2D eigenvalue weighted by Crippen LogP contribution is -2.26. The lowest BCUT2D eigenvalue weighted by molar-refractivity contribution is -0.117. The van der Waals surface area contributed by atoms with Crippen molar-refractivity contribution in [1.29, 1.82) is 0 Å². The third-order valence-corrected chi connectivity index (χ3v) is 3.69. The third kappa shape index (κ3) is 2.17. The van der Waals surface area contributed by atoms with Crippen molar-refractivity contribution in [2.24, 2.45) is 0 Å². The molecule has 0 radical (unpaired) electrons. The molecule has 0 atom stereocenters. The zero-order valence-electron chi connectivity index (χ0n) is 10.3. The summed E-state index contributed by atoms with van der Waals surface area (Å²) in [5.41, 5.74) is 9.29. The van der Waals surface area contributed by atoms with Gasteiger partial charge in [-0.15, -0.1) is 0 Å². The number of halogens is 1. The Balaban J connectivity index is 1.95. The van der Waals surface area contributed by atoms with Crippen LogP contribution in [0.1, 0.15) is 11.1 Å². The standard InChI is InChI=1S/C15H13ClN2O/c16-13-4-2-1-3-10(13)9-18-14-6-5-12(17)7-11(14)8-15(18)19/h1-7H,8-9,17H2. The summed E-state index contributed by atoms with van der Waals surface area (Å²) in [6, 6.07) is 13.1. The molecule has 0 bridgehead atoms. The molecule has 1 aliphatic heterocycles. The first-order valence-electron chi connectivity index (χ1n) is 6.07. The fraction of sp³-hybridized carbons (Fsp3) is 0.133. The smallest absolute Gasteiger partial charge is 0.231 e. The lowest BCUT2D eigenvalue weighted by atomic mass is 10.1. The van der Waals surface area contributed by atoms with Gasteiger partial charge in [0.1, 0.15) is 0 Å². The van der Waals surface area contributed by atoms with Crippen LogP contribution in [0.4, 0.5) is 11.4 Å². The highest BCUT2D eigenvalue weighted by atomic mass is 35.5. The van der Waals surface area contributed by atoms with Crippen molar-refractivity contribution in [3.63, 3.8) is 0 Å². The highest BCUT2D eigenvalue weighted by molar-refractivity contribution is 6.31. The summed E-state index contributed by atoms with van der Waals surface area (Å²) in [5, 5.41) is 0.680. The quantitative estimate of drug-likeness (QED) is 0.854. The predicted molar refractivity (Wildman–Crippen MR) is 77.2 cm³/mol. The van der Waals surface area contributed by atoms with Crippen molar-refractivity contribution in [2.45, 2.75) is 13.0 Å². The Morgan fingerprint density at radius 2 is 2.00 bits per heavy atom. The van der Waals surface area contributed by atoms with Gasteiger partial charge in [-0.3, -0.25) is 4.79 Å². The number of carbonyl (C=O) groups is 1. The molecule has 1 heterocycles. The van der Waals surface area contributed by atoms with Crippen LogP contribution >= 0.6 is 11.6 Å². The molecule has 1 aliphatic rings. The number of hydrogen-bond acceptors (Lipinski definition) is 2. The fourth-order valence-corrected chi connectivity index (χ4v) is 2.57. The molecular formula is C15H13ClN2O. The minimum absolute atomic E-state index is 0.0838. The zero-order valence-corrected chi connectivity index (χ0v) is 11.0. The Labute approximate surface area is 116 Å². The molecule has 2 N–H and O–H groups in total. The first kappa shape index (κ1) is 12.1. The molecule has 19 heavy (non-hydrogen) atoms. The maximum atomic E-state index is 12.1. The molecule has 1 amide bonds. The van der Waals surface area contributed by atoms with Crippen molar-refractivity contribution in [2.75, 3.05) is 10.6 Å². The van der Waals surface area contributed by atoms with Gasteiger partial charge in [0.15, 0.2) is 0 Å². The molecule has 96 valence electrons. The zero-order chi connectivity index (χ0) is 13.4. The monoisotopic (exact) mass is 272 g/mol. The van der Waals surface area contributed by atoms with E-state index in [2.05, 4.69) is 0 Å². The maximum absolute atomic E-state index is 12.1. The van der Waals surface area contributed by atoms with Crippen molar-refractivity contribution in [1.82, 2.24) is 0 Å². The number of nitrogens with zero attached hydrogens (tertiary/aromatic N) is 1. The molecule has 2 aromatic rings. The lowest BCUT2D eigenvalue weighted by Gasteiger charge is -2.18. The number of fused-ring (bicyclic) bond motifs is 1. The number of amides is 1. The van der Waals surface area contributed by atoms with E-state index in [-0.39, 0.29) is 5.91 Å². The average Bonchev–Trinajstić information content (AvgIpc) is 2.68. The molecule has 3 nitrogen and oxygen atoms in total. The predicted octanol–water partition coefficient (Wildman–Crippen LogP) is 3.01. The van der Waals surface area contributed by atoms with E-state index in [1.165, 1.54) is 0 Å². The minimum Gasteiger partial charge on any atom is -0.399 e. The molecule has 0 aliphatic carbocycles. The summed E-state index contributed by atoms with van der Waals surface area (Å²) < 4.78 is 0. The van der Waals surface area contributed by atoms with Gasteiger partial charge in [0.2, 0.25) is 5.91 Å². The van der Waals surface area contributed by atoms with Crippen molar-refractivity contribution in [3.8, 4) is 0 Å². The Kier molecular flexibility index (Phi) is 2.91. The number of hydrogen-bond donors (Lipinski definition) is 1. The Morgan fingerprint density at radius 1 is 1.21 bits per heavy atom. The van der Waals surface area contributed by atoms with Crippen molar-refractivity contribution >= 4 is 28.9 Å². The van der Waals surface area contributed by atoms with E-state index in [0.717, 1.165) is 16.8 Å². The molecule has 0 spiro atoms. The maximum Gasteiger partial charge on any atom is 0.231 e. The fourth-order valence-electron chi connectivity index (χ4n) is 2.37. The van der Waals surface area contributed by atoms with Crippen LogP contribution < -0.4 is 10.6 Å². The van der Waals surface area contributed by atoms with E-state index >= 15 is 0 Å². The molecule has 4 heteroatoms. The number of rotatable bonds is 2. The normalized spacial score (nSPS) is 13.7. The first-order valence-corrected chi connectivity index (χ1v) is 6.45. The van der Waals surface area contributed by atoms with E-state index in [1.807, 2.05) is 42.5 Å². The summed E-state index contributed by atoms with van der Waals surface area (Å²) >= 11 is 6.14. The first-order chi connectivity index (χ1) is 9.15. The summed E-state index contributed by atoms with van der Waals surface area (Å²) in [4.78, 5) is 13.9. The second kappa shape index (κ2) is 4.59. The van der Waals surface area contributed by atoms with E-state index in [9.17, 15) is 4.79 Å². The van der Waals surface area contributed by atoms with Gasteiger partial charge >= 0.3 is 0 Å². The van der Waals surface area contributed by atoms with Gasteiger partial charge in [0.05, 0.1) is 13.0 Å². The van der Waals surface area contributed by atoms with E-state index < -0.39 is 0 Å². The van der Waals surface area contributed by atoms with Crippen LogP contribution in [0.15, 0.2) is 42.5 Å². The van der Waals surface area contributed by atoms with Gasteiger partial charge in [-0.2, -0.15) is 0 Å². The second-order valence-electron chi connectivity index (χ2n) is 4.64. The van der Waals surface area contributed by atoms with Crippen LogP contribution in [-0.4, -0.2) is 5.91 Å². The molecule has 0 saturated carbocycles. The van der Waals surface area contributed by atoms with E-state index in [4.69, 9.17) is 17.3 Å². The van der Waals surface area contributed by atoms with Gasteiger partial charge in [0, 0.05) is 16.4 Å². The number of anilines is 2. The van der Waals surface area contributed by atoms with Crippen molar-refractivity contribution < 1.29 is 4.79 Å². The molecule has 0 fully saturated rings. The molecule has 0 unspecified atom stereocenters. The van der Waals surface area contributed by atoms with Crippen molar-refractivity contribution in [3.05, 3.63) is 58.6 Å². The average molecular weight is 273 g/mol. The molecule has 3 rings (SSSR count).